The average Bonchev–Trinajstić information content (AvgIpc) is 0.841. The average molecular weight is 1480 g/mol. The molecule has 0 saturated carbocycles. The molecule has 34 heteroatoms. The zero-order valence-electron chi connectivity index (χ0n) is 58.4. The summed E-state index contributed by atoms with van der Waals surface area (Å²) < 4.78 is 20.0. The number of carboxylic acids is 6. The molecule has 568 valence electrons. The molecule has 0 saturated heterocycles. The van der Waals surface area contributed by atoms with E-state index in [0.29, 0.717) is 90.3 Å². The predicted octanol–water partition coefficient (Wildman–Crippen LogP) is 6.60. The van der Waals surface area contributed by atoms with E-state index >= 15 is 0 Å². The fourth-order valence-electron chi connectivity index (χ4n) is 7.78. The number of unbranched alkanes of at least 4 members (excludes halogenated alkanes) is 1. The standard InChI is InChI=1S/4C10H9NO2.C9H11NO2.C6H14N2O2.C5H12N2O2.C5H11NO2S.2C2H4O2.CH2O3/c4*1-6-4-10(12)13-9-5-7(11)2-3-8(6)9;10-8(9(11)12)6-7-4-2-1-3-5-7;7-4-2-1-3-5(8)6(9)10;6-3-1-2-4(7)5(8)9;1-9-3-2-4(6)5(7)8;2*1-2(3)4;2-1(3)4/h4*2-5H,11H2,1H3;1-5,8H,6,10H2,(H,11,12);5H,1-4,7-8H2,(H,9,10);4H,1-3,6-7H2,(H,8,9);4H,2-3,6H2,1H3,(H,7,8);2*1H3,(H,3,4);(H2,2,3,4)/t;;;;8-;5-;2*4-;;;/m....0000.../s1. The van der Waals surface area contributed by atoms with E-state index in [2.05, 4.69) is 0 Å². The van der Waals surface area contributed by atoms with Crippen molar-refractivity contribution in [3.63, 3.8) is 0 Å². The molecule has 104 heavy (non-hydrogen) atoms. The van der Waals surface area contributed by atoms with Crippen molar-refractivity contribution in [2.75, 3.05) is 48.0 Å². The first-order valence-corrected chi connectivity index (χ1v) is 32.4. The molecule has 0 fully saturated rings. The van der Waals surface area contributed by atoms with Gasteiger partial charge < -0.3 is 116 Å². The predicted molar refractivity (Wildman–Crippen MR) is 401 cm³/mol. The van der Waals surface area contributed by atoms with E-state index in [4.69, 9.17) is 130 Å². The third-order valence-corrected chi connectivity index (χ3v) is 13.4. The highest BCUT2D eigenvalue weighted by atomic mass is 32.2. The van der Waals surface area contributed by atoms with E-state index in [1.807, 2.05) is 88.5 Å². The molecule has 0 bridgehead atoms. The van der Waals surface area contributed by atoms with Crippen LogP contribution in [0.5, 0.6) is 0 Å². The number of hydrogen-bond acceptors (Lipinski definition) is 26. The molecule has 9 rings (SSSR count). The summed E-state index contributed by atoms with van der Waals surface area (Å²) >= 11 is 1.60. The summed E-state index contributed by atoms with van der Waals surface area (Å²) in [6, 6.07) is 33.5. The Morgan fingerprint density at radius 3 is 0.875 bits per heavy atom. The van der Waals surface area contributed by atoms with Crippen LogP contribution in [0.3, 0.4) is 0 Å². The first-order chi connectivity index (χ1) is 48.6. The zero-order chi connectivity index (χ0) is 79.9. The van der Waals surface area contributed by atoms with Gasteiger partial charge in [0.2, 0.25) is 0 Å². The number of benzene rings is 5. The zero-order valence-corrected chi connectivity index (χ0v) is 59.2. The molecule has 0 spiro atoms. The molecule has 0 radical (unpaired) electrons. The number of carboxylic acid groups (broad SMARTS) is 8. The van der Waals surface area contributed by atoms with Crippen LogP contribution in [-0.2, 0) is 35.2 Å². The van der Waals surface area contributed by atoms with Gasteiger partial charge in [0, 0.05) is 107 Å². The first kappa shape index (κ1) is 94.4. The maximum atomic E-state index is 11.0. The van der Waals surface area contributed by atoms with Crippen LogP contribution in [0.2, 0.25) is 0 Å². The second kappa shape index (κ2) is 51.5. The highest BCUT2D eigenvalue weighted by Gasteiger charge is 2.13. The van der Waals surface area contributed by atoms with Crippen LogP contribution >= 0.6 is 11.8 Å². The minimum atomic E-state index is -1.83. The Morgan fingerprint density at radius 1 is 0.385 bits per heavy atom. The van der Waals surface area contributed by atoms with Crippen molar-refractivity contribution in [1.82, 2.24) is 0 Å². The van der Waals surface area contributed by atoms with Crippen molar-refractivity contribution >= 4 is 120 Å². The quantitative estimate of drug-likeness (QED) is 0.0275. The molecule has 0 amide bonds. The largest absolute Gasteiger partial charge is 0.503 e. The molecular weight excluding hydrogens is 1380 g/mol. The molecule has 28 N–H and O–H groups in total. The molecule has 5 aromatic carbocycles. The van der Waals surface area contributed by atoms with E-state index in [-0.39, 0.29) is 22.5 Å². The van der Waals surface area contributed by atoms with Gasteiger partial charge in [-0.1, -0.05) is 36.8 Å². The van der Waals surface area contributed by atoms with Crippen LogP contribution in [0.25, 0.3) is 43.9 Å². The van der Waals surface area contributed by atoms with Crippen LogP contribution in [0.4, 0.5) is 27.5 Å². The van der Waals surface area contributed by atoms with E-state index in [1.165, 1.54) is 24.3 Å². The summed E-state index contributed by atoms with van der Waals surface area (Å²) in [6.07, 6.45) is 4.33. The number of aryl methyl sites for hydroxylation is 4. The van der Waals surface area contributed by atoms with Crippen molar-refractivity contribution in [2.24, 2.45) is 34.4 Å². The van der Waals surface area contributed by atoms with Gasteiger partial charge in [0.05, 0.1) is 0 Å². The van der Waals surface area contributed by atoms with Crippen LogP contribution < -0.4 is 79.8 Å². The van der Waals surface area contributed by atoms with Gasteiger partial charge in [0.1, 0.15) is 46.5 Å². The molecule has 33 nitrogen and oxygen atoms in total. The number of nitrogen functional groups attached to an aromatic ring is 4. The van der Waals surface area contributed by atoms with Gasteiger partial charge >= 0.3 is 52.5 Å². The molecule has 4 heterocycles. The van der Waals surface area contributed by atoms with Crippen molar-refractivity contribution in [2.45, 2.75) is 111 Å². The van der Waals surface area contributed by atoms with Crippen molar-refractivity contribution in [3.8, 4) is 0 Å². The van der Waals surface area contributed by atoms with Gasteiger partial charge in [-0.15, -0.1) is 0 Å². The minimum absolute atomic E-state index is 0.337. The van der Waals surface area contributed by atoms with Gasteiger partial charge in [-0.25, -0.2) is 24.0 Å². The van der Waals surface area contributed by atoms with E-state index in [1.54, 1.807) is 60.3 Å². The van der Waals surface area contributed by atoms with Gasteiger partial charge in [0.25, 0.3) is 11.9 Å². The fraction of sp³-hybridized carbons (Fsp3) is 0.300. The SMILES string of the molecule is CC(=O)O.CC(=O)O.CSCC[C@H](N)C(=O)O.Cc1cc(=O)oc2cc(N)ccc12.Cc1cc(=O)oc2cc(N)ccc12.Cc1cc(=O)oc2cc(N)ccc12.Cc1cc(=O)oc2cc(N)ccc12.NCCCC[C@H](N)C(=O)O.NCCC[C@H](N)C(=O)O.N[C@@H](Cc1ccccc1)C(=O)O.O=C(O)O. The van der Waals surface area contributed by atoms with E-state index in [9.17, 15) is 38.4 Å². The second-order valence-corrected chi connectivity index (χ2v) is 22.8. The fourth-order valence-corrected chi connectivity index (χ4v) is 8.27. The molecule has 4 aromatic heterocycles. The molecule has 0 unspecified atom stereocenters. The van der Waals surface area contributed by atoms with Crippen LogP contribution in [0.15, 0.2) is 164 Å². The lowest BCUT2D eigenvalue weighted by atomic mass is 10.1. The number of hydrogen-bond donors (Lipinski definition) is 18. The summed E-state index contributed by atoms with van der Waals surface area (Å²) in [5.74, 6) is -4.61. The summed E-state index contributed by atoms with van der Waals surface area (Å²) in [5, 5.41) is 65.8. The number of anilines is 4. The third kappa shape index (κ3) is 43.1. The number of nitrogens with two attached hydrogens (primary N) is 10. The molecule has 9 aromatic rings. The summed E-state index contributed by atoms with van der Waals surface area (Å²) in [7, 11) is 0. The van der Waals surface area contributed by atoms with Crippen LogP contribution in [0.1, 0.15) is 80.2 Å². The topological polar surface area (TPSA) is 662 Å². The van der Waals surface area contributed by atoms with Crippen LogP contribution in [0, 0.1) is 27.7 Å². The number of rotatable bonds is 16. The molecule has 0 aliphatic rings. The Bertz CT molecular complexity index is 3960. The van der Waals surface area contributed by atoms with Crippen molar-refractivity contribution < 1.29 is 92.1 Å². The van der Waals surface area contributed by atoms with Gasteiger partial charge in [-0.05, 0) is 168 Å². The smallest absolute Gasteiger partial charge is 0.481 e. The number of thioether (sulfide) groups is 1. The third-order valence-electron chi connectivity index (χ3n) is 12.8. The second-order valence-electron chi connectivity index (χ2n) is 21.8. The summed E-state index contributed by atoms with van der Waals surface area (Å²) in [4.78, 5) is 111. The Morgan fingerprint density at radius 2 is 0.635 bits per heavy atom. The Kier molecular flexibility index (Phi) is 46.7. The minimum Gasteiger partial charge on any atom is -0.481 e. The molecule has 0 aliphatic carbocycles. The Hall–Kier alpha value is -11.7. The van der Waals surface area contributed by atoms with Gasteiger partial charge in [0.15, 0.2) is 0 Å². The molecular formula is C70H94N10O23S. The highest BCUT2D eigenvalue weighted by Crippen LogP contribution is 2.22. The van der Waals surface area contributed by atoms with Gasteiger partial charge in [-0.3, -0.25) is 28.8 Å². The Balaban J connectivity index is 0. The number of fused-ring (bicyclic) bond motifs is 4. The highest BCUT2D eigenvalue weighted by molar-refractivity contribution is 7.98. The van der Waals surface area contributed by atoms with Crippen LogP contribution in [-0.4, -0.2) is 132 Å². The van der Waals surface area contributed by atoms with Crippen molar-refractivity contribution in [1.29, 1.82) is 0 Å². The van der Waals surface area contributed by atoms with Gasteiger partial charge in [-0.2, -0.15) is 11.8 Å². The summed E-state index contributed by atoms with van der Waals surface area (Å²) in [6.45, 7) is 10.8. The molecule has 0 aliphatic heterocycles. The summed E-state index contributed by atoms with van der Waals surface area (Å²) in [5.41, 5.74) is 61.3. The monoisotopic (exact) mass is 1470 g/mol. The lowest BCUT2D eigenvalue weighted by Gasteiger charge is -2.04. The maximum Gasteiger partial charge on any atom is 0.503 e. The van der Waals surface area contributed by atoms with Crippen molar-refractivity contribution in [3.05, 3.63) is 197 Å². The lowest BCUT2D eigenvalue weighted by molar-refractivity contribution is -0.139. The lowest BCUT2D eigenvalue weighted by Crippen LogP contribution is -2.32. The first-order valence-electron chi connectivity index (χ1n) is 31.0. The molecule has 4 atom stereocenters. The number of carbonyl (C=O) groups is 7. The Labute approximate surface area is 600 Å². The number of aliphatic carboxylic acids is 6. The normalized spacial score (nSPS) is 10.9. The van der Waals surface area contributed by atoms with E-state index in [0.717, 1.165) is 81.8 Å². The van der Waals surface area contributed by atoms with E-state index < -0.39 is 66.1 Å². The maximum absolute atomic E-state index is 11.0.